The molecular weight excluding hydrogens is 460 g/mol. The SMILES string of the molecule is CCOC(=O)C1CCCN(C(=O)c2cccc(CSc3nc(C)cc(N4CCCCC4C)n3)c2)C1. The van der Waals surface area contributed by atoms with Gasteiger partial charge in [-0.15, -0.1) is 0 Å². The molecule has 2 unspecified atom stereocenters. The van der Waals surface area contributed by atoms with Crippen LogP contribution in [0, 0.1) is 12.8 Å². The first-order chi connectivity index (χ1) is 16.9. The number of carbonyl (C=O) groups is 2. The van der Waals surface area contributed by atoms with Gasteiger partial charge < -0.3 is 14.5 Å². The number of esters is 1. The molecule has 2 aromatic rings. The standard InChI is InChI=1S/C27H36N4O3S/c1-4-34-26(33)23-12-8-13-30(17-23)25(32)22-11-7-10-21(16-22)18-35-27-28-19(2)15-24(29-27)31-14-6-5-9-20(31)3/h7,10-11,15-16,20,23H,4-6,8-9,12-14,17-18H2,1-3H3. The zero-order valence-electron chi connectivity index (χ0n) is 21.0. The lowest BCUT2D eigenvalue weighted by Crippen LogP contribution is -2.42. The van der Waals surface area contributed by atoms with Crippen molar-refractivity contribution in [2.45, 2.75) is 69.8 Å². The largest absolute Gasteiger partial charge is 0.466 e. The van der Waals surface area contributed by atoms with E-state index >= 15 is 0 Å². The highest BCUT2D eigenvalue weighted by Gasteiger charge is 2.30. The Kier molecular flexibility index (Phi) is 8.65. The van der Waals surface area contributed by atoms with Crippen LogP contribution in [0.2, 0.25) is 0 Å². The van der Waals surface area contributed by atoms with E-state index in [4.69, 9.17) is 9.72 Å². The maximum Gasteiger partial charge on any atom is 0.310 e. The third kappa shape index (κ3) is 6.54. The van der Waals surface area contributed by atoms with Gasteiger partial charge >= 0.3 is 5.97 Å². The highest BCUT2D eigenvalue weighted by Crippen LogP contribution is 2.27. The number of hydrogen-bond donors (Lipinski definition) is 0. The van der Waals surface area contributed by atoms with Crippen molar-refractivity contribution in [1.82, 2.24) is 14.9 Å². The molecule has 188 valence electrons. The molecule has 0 N–H and O–H groups in total. The first kappa shape index (κ1) is 25.5. The minimum absolute atomic E-state index is 0.0287. The quantitative estimate of drug-likeness (QED) is 0.307. The predicted octanol–water partition coefficient (Wildman–Crippen LogP) is 4.87. The van der Waals surface area contributed by atoms with Crippen molar-refractivity contribution in [2.75, 3.05) is 31.1 Å². The second-order valence-corrected chi connectivity index (χ2v) is 10.5. The topological polar surface area (TPSA) is 75.6 Å². The molecule has 3 heterocycles. The average Bonchev–Trinajstić information content (AvgIpc) is 2.87. The van der Waals surface area contributed by atoms with Crippen LogP contribution < -0.4 is 4.90 Å². The predicted molar refractivity (Wildman–Crippen MR) is 139 cm³/mol. The summed E-state index contributed by atoms with van der Waals surface area (Å²) in [6.07, 6.45) is 5.26. The van der Waals surface area contributed by atoms with Crippen LogP contribution in [0.15, 0.2) is 35.5 Å². The molecule has 2 aliphatic rings. The zero-order chi connectivity index (χ0) is 24.8. The molecule has 2 atom stereocenters. The summed E-state index contributed by atoms with van der Waals surface area (Å²) in [5.74, 6) is 1.23. The summed E-state index contributed by atoms with van der Waals surface area (Å²) in [7, 11) is 0. The maximum atomic E-state index is 13.2. The van der Waals surface area contributed by atoms with Crippen LogP contribution in [0.5, 0.6) is 0 Å². The average molecular weight is 497 g/mol. The lowest BCUT2D eigenvalue weighted by Gasteiger charge is -2.34. The molecule has 2 fully saturated rings. The highest BCUT2D eigenvalue weighted by atomic mass is 32.2. The van der Waals surface area contributed by atoms with E-state index in [1.165, 1.54) is 19.3 Å². The summed E-state index contributed by atoms with van der Waals surface area (Å²) < 4.78 is 5.17. The van der Waals surface area contributed by atoms with Gasteiger partial charge in [0.15, 0.2) is 5.16 Å². The highest BCUT2D eigenvalue weighted by molar-refractivity contribution is 7.98. The molecule has 4 rings (SSSR count). The van der Waals surface area contributed by atoms with Crippen LogP contribution in [0.25, 0.3) is 0 Å². The van der Waals surface area contributed by atoms with Crippen LogP contribution in [-0.4, -0.2) is 59.0 Å². The van der Waals surface area contributed by atoms with Gasteiger partial charge in [-0.3, -0.25) is 9.59 Å². The Morgan fingerprint density at radius 2 is 1.97 bits per heavy atom. The van der Waals surface area contributed by atoms with E-state index in [1.54, 1.807) is 16.7 Å². The minimum atomic E-state index is -0.235. The Hall–Kier alpha value is -2.61. The third-order valence-corrected chi connectivity index (χ3v) is 7.71. The number of piperidine rings is 2. The van der Waals surface area contributed by atoms with Crippen molar-refractivity contribution in [2.24, 2.45) is 5.92 Å². The van der Waals surface area contributed by atoms with Gasteiger partial charge in [0, 0.05) is 48.8 Å². The Labute approximate surface area is 212 Å². The normalized spacial score (nSPS) is 20.5. The summed E-state index contributed by atoms with van der Waals surface area (Å²) in [6.45, 7) is 8.60. The van der Waals surface area contributed by atoms with Crippen LogP contribution in [0.4, 0.5) is 5.82 Å². The number of carbonyl (C=O) groups excluding carboxylic acids is 2. The smallest absolute Gasteiger partial charge is 0.310 e. The van der Waals surface area contributed by atoms with Gasteiger partial charge in [0.2, 0.25) is 0 Å². The van der Waals surface area contributed by atoms with Crippen molar-refractivity contribution >= 4 is 29.5 Å². The van der Waals surface area contributed by atoms with E-state index in [-0.39, 0.29) is 17.8 Å². The molecule has 2 aliphatic heterocycles. The van der Waals surface area contributed by atoms with Crippen LogP contribution >= 0.6 is 11.8 Å². The van der Waals surface area contributed by atoms with Crippen LogP contribution in [0.3, 0.4) is 0 Å². The maximum absolute atomic E-state index is 13.2. The number of aromatic nitrogens is 2. The zero-order valence-corrected chi connectivity index (χ0v) is 21.9. The van der Waals surface area contributed by atoms with Crippen molar-refractivity contribution in [3.63, 3.8) is 0 Å². The number of nitrogens with zero attached hydrogens (tertiary/aromatic N) is 4. The second kappa shape index (κ2) is 11.9. The molecule has 2 saturated heterocycles. The van der Waals surface area contributed by atoms with E-state index in [9.17, 15) is 9.59 Å². The fourth-order valence-electron chi connectivity index (χ4n) is 4.91. The number of anilines is 1. The summed E-state index contributed by atoms with van der Waals surface area (Å²) >= 11 is 1.60. The summed E-state index contributed by atoms with van der Waals surface area (Å²) in [5.41, 5.74) is 2.68. The fourth-order valence-corrected chi connectivity index (χ4v) is 5.76. The number of benzene rings is 1. The Morgan fingerprint density at radius 3 is 2.77 bits per heavy atom. The van der Waals surface area contributed by atoms with Gasteiger partial charge in [0.05, 0.1) is 12.5 Å². The molecular formula is C27H36N4O3S. The van der Waals surface area contributed by atoms with Gasteiger partial charge in [-0.25, -0.2) is 9.97 Å². The molecule has 0 spiro atoms. The van der Waals surface area contributed by atoms with Crippen molar-refractivity contribution in [3.05, 3.63) is 47.2 Å². The van der Waals surface area contributed by atoms with Gasteiger partial charge in [0.25, 0.3) is 5.91 Å². The summed E-state index contributed by atoms with van der Waals surface area (Å²) in [4.78, 5) is 39.0. The molecule has 7 nitrogen and oxygen atoms in total. The summed E-state index contributed by atoms with van der Waals surface area (Å²) in [5, 5.41) is 0.766. The monoisotopic (exact) mass is 496 g/mol. The van der Waals surface area contributed by atoms with Gasteiger partial charge in [-0.1, -0.05) is 23.9 Å². The van der Waals surface area contributed by atoms with Gasteiger partial charge in [0.1, 0.15) is 5.82 Å². The first-order valence-corrected chi connectivity index (χ1v) is 13.7. The molecule has 0 aliphatic carbocycles. The number of likely N-dealkylation sites (tertiary alicyclic amines) is 1. The Morgan fingerprint density at radius 1 is 1.11 bits per heavy atom. The van der Waals surface area contributed by atoms with E-state index in [0.29, 0.717) is 37.1 Å². The molecule has 35 heavy (non-hydrogen) atoms. The van der Waals surface area contributed by atoms with Crippen molar-refractivity contribution in [1.29, 1.82) is 0 Å². The van der Waals surface area contributed by atoms with E-state index in [0.717, 1.165) is 41.6 Å². The Balaban J connectivity index is 1.41. The molecule has 1 aromatic heterocycles. The number of ether oxygens (including phenoxy) is 1. The minimum Gasteiger partial charge on any atom is -0.466 e. The molecule has 0 bridgehead atoms. The molecule has 1 amide bonds. The van der Waals surface area contributed by atoms with E-state index in [2.05, 4.69) is 22.9 Å². The fraction of sp³-hybridized carbons (Fsp3) is 0.556. The van der Waals surface area contributed by atoms with Crippen LogP contribution in [0.1, 0.15) is 67.6 Å². The summed E-state index contributed by atoms with van der Waals surface area (Å²) in [6, 6.07) is 10.3. The lowest BCUT2D eigenvalue weighted by molar-refractivity contribution is -0.149. The van der Waals surface area contributed by atoms with Gasteiger partial charge in [-0.2, -0.15) is 0 Å². The number of hydrogen-bond acceptors (Lipinski definition) is 7. The molecule has 8 heteroatoms. The number of rotatable bonds is 7. The van der Waals surface area contributed by atoms with Crippen molar-refractivity contribution < 1.29 is 14.3 Å². The molecule has 0 saturated carbocycles. The number of amides is 1. The van der Waals surface area contributed by atoms with E-state index in [1.807, 2.05) is 38.1 Å². The lowest BCUT2D eigenvalue weighted by atomic mass is 9.97. The molecule has 0 radical (unpaired) electrons. The number of aryl methyl sites for hydroxylation is 1. The number of thioether (sulfide) groups is 1. The van der Waals surface area contributed by atoms with Crippen LogP contribution in [-0.2, 0) is 15.3 Å². The van der Waals surface area contributed by atoms with Gasteiger partial charge in [-0.05, 0) is 70.6 Å². The Bertz CT molecular complexity index is 1050. The third-order valence-electron chi connectivity index (χ3n) is 6.79. The molecule has 1 aromatic carbocycles. The van der Waals surface area contributed by atoms with Crippen molar-refractivity contribution in [3.8, 4) is 0 Å². The first-order valence-electron chi connectivity index (χ1n) is 12.7. The van der Waals surface area contributed by atoms with E-state index < -0.39 is 0 Å². The second-order valence-electron chi connectivity index (χ2n) is 9.52.